The summed E-state index contributed by atoms with van der Waals surface area (Å²) >= 11 is 0. The van der Waals surface area contributed by atoms with Crippen molar-refractivity contribution in [2.75, 3.05) is 11.4 Å². The molecule has 1 N–H and O–H groups in total. The minimum Gasteiger partial charge on any atom is -0.352 e. The molecule has 1 saturated heterocycles. The molecular formula is C24H26N4O2. The second kappa shape index (κ2) is 8.53. The van der Waals surface area contributed by atoms with Crippen LogP contribution in [0.2, 0.25) is 0 Å². The van der Waals surface area contributed by atoms with Crippen molar-refractivity contribution in [1.82, 2.24) is 15.1 Å². The third-order valence-corrected chi connectivity index (χ3v) is 5.59. The minimum absolute atomic E-state index is 0.0359. The van der Waals surface area contributed by atoms with Crippen LogP contribution in [-0.4, -0.2) is 28.1 Å². The number of nitrogens with zero attached hydrogens (tertiary/aromatic N) is 3. The van der Waals surface area contributed by atoms with Crippen molar-refractivity contribution in [3.63, 3.8) is 0 Å². The summed E-state index contributed by atoms with van der Waals surface area (Å²) in [7, 11) is 0. The largest absolute Gasteiger partial charge is 0.352 e. The van der Waals surface area contributed by atoms with E-state index in [9.17, 15) is 9.59 Å². The summed E-state index contributed by atoms with van der Waals surface area (Å²) in [6.45, 7) is 5.21. The van der Waals surface area contributed by atoms with Crippen molar-refractivity contribution < 1.29 is 9.59 Å². The molecule has 1 aliphatic rings. The Balaban J connectivity index is 1.37. The molecule has 6 nitrogen and oxygen atoms in total. The topological polar surface area (TPSA) is 67.2 Å². The van der Waals surface area contributed by atoms with Crippen LogP contribution in [0, 0.1) is 13.8 Å². The lowest BCUT2D eigenvalue weighted by atomic mass is 10.1. The van der Waals surface area contributed by atoms with Crippen LogP contribution in [-0.2, 0) is 22.6 Å². The van der Waals surface area contributed by atoms with E-state index < -0.39 is 0 Å². The maximum atomic E-state index is 12.5. The number of aromatic nitrogens is 2. The van der Waals surface area contributed by atoms with Crippen LogP contribution in [0.5, 0.6) is 0 Å². The van der Waals surface area contributed by atoms with Crippen LogP contribution < -0.4 is 10.2 Å². The Hall–Kier alpha value is -3.41. The van der Waals surface area contributed by atoms with Crippen LogP contribution in [0.25, 0.3) is 5.69 Å². The number of rotatable bonds is 6. The van der Waals surface area contributed by atoms with Crippen molar-refractivity contribution in [2.24, 2.45) is 0 Å². The van der Waals surface area contributed by atoms with Crippen LogP contribution >= 0.6 is 0 Å². The molecule has 0 aliphatic carbocycles. The van der Waals surface area contributed by atoms with Gasteiger partial charge in [-0.15, -0.1) is 0 Å². The number of amides is 2. The van der Waals surface area contributed by atoms with Gasteiger partial charge in [-0.25, -0.2) is 4.68 Å². The maximum absolute atomic E-state index is 12.5. The predicted molar refractivity (Wildman–Crippen MR) is 117 cm³/mol. The van der Waals surface area contributed by atoms with E-state index >= 15 is 0 Å². The first-order valence-corrected chi connectivity index (χ1v) is 10.3. The monoisotopic (exact) mass is 402 g/mol. The molecule has 1 aliphatic heterocycles. The average Bonchev–Trinajstić information content (AvgIpc) is 3.30. The molecule has 4 rings (SSSR count). The summed E-state index contributed by atoms with van der Waals surface area (Å²) in [5.41, 5.74) is 5.81. The molecule has 1 fully saturated rings. The fraction of sp³-hybridized carbons (Fsp3) is 0.292. The predicted octanol–water partition coefficient (Wildman–Crippen LogP) is 3.47. The molecule has 0 spiro atoms. The number of nitrogens with one attached hydrogen (secondary N) is 1. The zero-order valence-corrected chi connectivity index (χ0v) is 17.4. The highest BCUT2D eigenvalue weighted by atomic mass is 16.2. The Kier molecular flexibility index (Phi) is 5.65. The number of hydrogen-bond donors (Lipinski definition) is 1. The molecule has 2 heterocycles. The molecule has 154 valence electrons. The highest BCUT2D eigenvalue weighted by Gasteiger charge is 2.21. The van der Waals surface area contributed by atoms with Crippen LogP contribution in [0.4, 0.5) is 5.69 Å². The molecule has 0 atom stereocenters. The Morgan fingerprint density at radius 1 is 1.03 bits per heavy atom. The van der Waals surface area contributed by atoms with Crippen LogP contribution in [0.15, 0.2) is 54.6 Å². The van der Waals surface area contributed by atoms with E-state index in [1.807, 2.05) is 73.1 Å². The first-order valence-electron chi connectivity index (χ1n) is 10.3. The van der Waals surface area contributed by atoms with Gasteiger partial charge in [-0.2, -0.15) is 5.10 Å². The maximum Gasteiger partial charge on any atom is 0.227 e. The van der Waals surface area contributed by atoms with E-state index in [0.717, 1.165) is 46.9 Å². The molecular weight excluding hydrogens is 376 g/mol. The molecule has 3 aromatic rings. The number of hydrogen-bond acceptors (Lipinski definition) is 3. The van der Waals surface area contributed by atoms with Gasteiger partial charge in [-0.05, 0) is 50.1 Å². The first-order chi connectivity index (χ1) is 14.5. The molecule has 2 amide bonds. The molecule has 30 heavy (non-hydrogen) atoms. The summed E-state index contributed by atoms with van der Waals surface area (Å²) in [5, 5.41) is 7.64. The lowest BCUT2D eigenvalue weighted by Crippen LogP contribution is -2.25. The third kappa shape index (κ3) is 4.13. The molecule has 6 heteroatoms. The van der Waals surface area contributed by atoms with Gasteiger partial charge in [0.1, 0.15) is 0 Å². The fourth-order valence-corrected chi connectivity index (χ4v) is 3.90. The fourth-order valence-electron chi connectivity index (χ4n) is 3.90. The van der Waals surface area contributed by atoms with Gasteiger partial charge in [0, 0.05) is 36.5 Å². The van der Waals surface area contributed by atoms with E-state index in [4.69, 9.17) is 0 Å². The van der Waals surface area contributed by atoms with E-state index in [2.05, 4.69) is 10.4 Å². The summed E-state index contributed by atoms with van der Waals surface area (Å²) < 4.78 is 1.91. The second-order valence-electron chi connectivity index (χ2n) is 7.67. The smallest absolute Gasteiger partial charge is 0.227 e. The Morgan fingerprint density at radius 2 is 1.77 bits per heavy atom. The van der Waals surface area contributed by atoms with Gasteiger partial charge in [-0.1, -0.05) is 30.3 Å². The Bertz CT molecular complexity index is 1050. The normalized spacial score (nSPS) is 13.7. The molecule has 0 radical (unpaired) electrons. The number of benzene rings is 2. The molecule has 2 aromatic carbocycles. The number of aryl methyl sites for hydroxylation is 1. The molecule has 0 unspecified atom stereocenters. The van der Waals surface area contributed by atoms with E-state index in [1.165, 1.54) is 0 Å². The van der Waals surface area contributed by atoms with Gasteiger partial charge in [0.2, 0.25) is 11.8 Å². The Morgan fingerprint density at radius 3 is 2.43 bits per heavy atom. The van der Waals surface area contributed by atoms with E-state index in [0.29, 0.717) is 19.4 Å². The minimum atomic E-state index is -0.0359. The summed E-state index contributed by atoms with van der Waals surface area (Å²) in [4.78, 5) is 26.1. The van der Waals surface area contributed by atoms with Crippen LogP contribution in [0.3, 0.4) is 0 Å². The zero-order valence-electron chi connectivity index (χ0n) is 17.4. The zero-order chi connectivity index (χ0) is 21.1. The summed E-state index contributed by atoms with van der Waals surface area (Å²) in [6.07, 6.45) is 1.83. The number of para-hydroxylation sites is 1. The van der Waals surface area contributed by atoms with Crippen LogP contribution in [0.1, 0.15) is 35.4 Å². The average molecular weight is 402 g/mol. The molecule has 0 bridgehead atoms. The highest BCUT2D eigenvalue weighted by molar-refractivity contribution is 5.95. The van der Waals surface area contributed by atoms with Crippen molar-refractivity contribution in [1.29, 1.82) is 0 Å². The summed E-state index contributed by atoms with van der Waals surface area (Å²) in [6, 6.07) is 17.7. The molecule has 1 aromatic heterocycles. The summed E-state index contributed by atoms with van der Waals surface area (Å²) in [5.74, 6) is 0.133. The SMILES string of the molecule is Cc1nn(-c2ccccc2)c(C)c1CNC(=O)Cc1ccc(N2CCCC2=O)cc1. The standard InChI is InChI=1S/C24H26N4O2/c1-17-22(18(2)28(26-17)21-7-4-3-5-8-21)16-25-23(29)15-19-10-12-20(13-11-19)27-14-6-9-24(27)30/h3-5,7-8,10-13H,6,9,14-16H2,1-2H3,(H,25,29). The number of carbonyl (C=O) groups excluding carboxylic acids is 2. The van der Waals surface area contributed by atoms with Crippen molar-refractivity contribution >= 4 is 17.5 Å². The van der Waals surface area contributed by atoms with Gasteiger partial charge in [0.05, 0.1) is 17.8 Å². The second-order valence-corrected chi connectivity index (χ2v) is 7.67. The van der Waals surface area contributed by atoms with Gasteiger partial charge in [0.25, 0.3) is 0 Å². The lowest BCUT2D eigenvalue weighted by molar-refractivity contribution is -0.120. The van der Waals surface area contributed by atoms with Crippen molar-refractivity contribution in [3.8, 4) is 5.69 Å². The first kappa shape index (κ1) is 19.9. The van der Waals surface area contributed by atoms with E-state index in [1.54, 1.807) is 4.90 Å². The lowest BCUT2D eigenvalue weighted by Gasteiger charge is -2.15. The van der Waals surface area contributed by atoms with Crippen molar-refractivity contribution in [2.45, 2.75) is 39.7 Å². The van der Waals surface area contributed by atoms with Crippen molar-refractivity contribution in [3.05, 3.63) is 77.1 Å². The highest BCUT2D eigenvalue weighted by Crippen LogP contribution is 2.22. The van der Waals surface area contributed by atoms with Gasteiger partial charge in [-0.3, -0.25) is 9.59 Å². The van der Waals surface area contributed by atoms with Gasteiger partial charge >= 0.3 is 0 Å². The number of anilines is 1. The molecule has 0 saturated carbocycles. The number of carbonyl (C=O) groups is 2. The quantitative estimate of drug-likeness (QED) is 0.686. The van der Waals surface area contributed by atoms with Gasteiger partial charge in [0.15, 0.2) is 0 Å². The van der Waals surface area contributed by atoms with E-state index in [-0.39, 0.29) is 11.8 Å². The van der Waals surface area contributed by atoms with Gasteiger partial charge < -0.3 is 10.2 Å². The Labute approximate surface area is 176 Å². The third-order valence-electron chi connectivity index (χ3n) is 5.59.